The third-order valence-corrected chi connectivity index (χ3v) is 4.89. The van der Waals surface area contributed by atoms with Crippen molar-refractivity contribution < 1.29 is 17.9 Å². The topological polar surface area (TPSA) is 78.3 Å². The Labute approximate surface area is 128 Å². The van der Waals surface area contributed by atoms with Crippen LogP contribution in [0.15, 0.2) is 30.3 Å². The lowest BCUT2D eigenvalue weighted by atomic mass is 10.2. The molecule has 2 aromatic rings. The summed E-state index contributed by atoms with van der Waals surface area (Å²) in [6.45, 7) is 3.80. The fourth-order valence-corrected chi connectivity index (χ4v) is 3.90. The average Bonchev–Trinajstić information content (AvgIpc) is 2.93. The van der Waals surface area contributed by atoms with Gasteiger partial charge in [-0.2, -0.15) is 5.10 Å². The molecule has 0 saturated heterocycles. The molecule has 1 aromatic carbocycles. The van der Waals surface area contributed by atoms with Crippen LogP contribution in [0.1, 0.15) is 41.5 Å². The summed E-state index contributed by atoms with van der Waals surface area (Å²) in [4.78, 5) is 12.2. The third kappa shape index (κ3) is 2.64. The number of carbonyl (C=O) groups is 1. The number of esters is 1. The summed E-state index contributed by atoms with van der Waals surface area (Å²) in [5, 5.41) is 4.29. The number of benzene rings is 1. The van der Waals surface area contributed by atoms with Crippen LogP contribution in [0, 0.1) is 0 Å². The smallest absolute Gasteiger partial charge is 0.344 e. The first kappa shape index (κ1) is 14.8. The highest BCUT2D eigenvalue weighted by Crippen LogP contribution is 2.34. The molecule has 1 aliphatic heterocycles. The lowest BCUT2D eigenvalue weighted by molar-refractivity contribution is 0.0714. The Morgan fingerprint density at radius 2 is 1.91 bits per heavy atom. The maximum Gasteiger partial charge on any atom is 0.344 e. The number of fused-ring (bicyclic) bond motifs is 1. The van der Waals surface area contributed by atoms with Crippen molar-refractivity contribution in [2.75, 3.05) is 0 Å². The SMILES string of the molecule is CC(C)n1nc2c(c1OC(=O)c1ccccc1)CS(=O)(=O)C2. The summed E-state index contributed by atoms with van der Waals surface area (Å²) in [5.41, 5.74) is 1.39. The van der Waals surface area contributed by atoms with Crippen molar-refractivity contribution >= 4 is 15.8 Å². The predicted molar refractivity (Wildman–Crippen MR) is 80.3 cm³/mol. The monoisotopic (exact) mass is 320 g/mol. The van der Waals surface area contributed by atoms with Gasteiger partial charge in [-0.05, 0) is 26.0 Å². The third-order valence-electron chi connectivity index (χ3n) is 3.45. The van der Waals surface area contributed by atoms with Crippen LogP contribution in [0.2, 0.25) is 0 Å². The molecule has 1 aromatic heterocycles. The van der Waals surface area contributed by atoms with Crippen molar-refractivity contribution in [2.45, 2.75) is 31.4 Å². The minimum absolute atomic E-state index is 0.0353. The molecule has 0 saturated carbocycles. The molecule has 7 heteroatoms. The zero-order valence-corrected chi connectivity index (χ0v) is 13.1. The fraction of sp³-hybridized carbons (Fsp3) is 0.333. The van der Waals surface area contributed by atoms with Crippen molar-refractivity contribution in [2.24, 2.45) is 0 Å². The maximum atomic E-state index is 12.2. The van der Waals surface area contributed by atoms with Crippen LogP contribution in [-0.4, -0.2) is 24.2 Å². The van der Waals surface area contributed by atoms with Crippen LogP contribution >= 0.6 is 0 Å². The molecule has 0 radical (unpaired) electrons. The number of nitrogens with zero attached hydrogens (tertiary/aromatic N) is 2. The molecule has 2 heterocycles. The van der Waals surface area contributed by atoms with Gasteiger partial charge in [0.05, 0.1) is 34.4 Å². The van der Waals surface area contributed by atoms with Gasteiger partial charge in [0.15, 0.2) is 9.84 Å². The molecule has 0 bridgehead atoms. The molecule has 3 rings (SSSR count). The second kappa shape index (κ2) is 5.24. The van der Waals surface area contributed by atoms with Crippen LogP contribution < -0.4 is 4.74 Å². The molecule has 0 N–H and O–H groups in total. The lowest BCUT2D eigenvalue weighted by Gasteiger charge is -2.12. The van der Waals surface area contributed by atoms with Crippen molar-refractivity contribution in [3.63, 3.8) is 0 Å². The van der Waals surface area contributed by atoms with Gasteiger partial charge in [0.1, 0.15) is 0 Å². The van der Waals surface area contributed by atoms with E-state index in [0.717, 1.165) is 0 Å². The van der Waals surface area contributed by atoms with E-state index >= 15 is 0 Å². The lowest BCUT2D eigenvalue weighted by Crippen LogP contribution is -2.15. The molecule has 0 fully saturated rings. The van der Waals surface area contributed by atoms with Gasteiger partial charge in [-0.3, -0.25) is 0 Å². The first-order valence-electron chi connectivity index (χ1n) is 6.95. The van der Waals surface area contributed by atoms with E-state index in [-0.39, 0.29) is 23.4 Å². The van der Waals surface area contributed by atoms with Gasteiger partial charge in [-0.1, -0.05) is 18.2 Å². The van der Waals surface area contributed by atoms with Crippen molar-refractivity contribution in [1.82, 2.24) is 9.78 Å². The van der Waals surface area contributed by atoms with E-state index in [9.17, 15) is 13.2 Å². The highest BCUT2D eigenvalue weighted by molar-refractivity contribution is 7.90. The molecule has 0 aliphatic carbocycles. The molecule has 1 aliphatic rings. The summed E-state index contributed by atoms with van der Waals surface area (Å²) in [5.74, 6) is -0.515. The Balaban J connectivity index is 1.98. The maximum absolute atomic E-state index is 12.2. The summed E-state index contributed by atoms with van der Waals surface area (Å²) in [6.07, 6.45) is 0. The summed E-state index contributed by atoms with van der Waals surface area (Å²) < 4.78 is 30.5. The number of hydrogen-bond donors (Lipinski definition) is 0. The van der Waals surface area contributed by atoms with Crippen molar-refractivity contribution in [3.8, 4) is 5.88 Å². The van der Waals surface area contributed by atoms with Crippen LogP contribution in [0.5, 0.6) is 5.88 Å². The summed E-state index contributed by atoms with van der Waals surface area (Å²) in [7, 11) is -3.19. The quantitative estimate of drug-likeness (QED) is 0.809. The van der Waals surface area contributed by atoms with E-state index in [1.807, 2.05) is 13.8 Å². The molecular weight excluding hydrogens is 304 g/mol. The zero-order valence-electron chi connectivity index (χ0n) is 12.3. The van der Waals surface area contributed by atoms with E-state index < -0.39 is 15.8 Å². The Hall–Kier alpha value is -2.15. The molecule has 22 heavy (non-hydrogen) atoms. The molecule has 0 unspecified atom stereocenters. The van der Waals surface area contributed by atoms with Gasteiger partial charge < -0.3 is 4.74 Å². The molecule has 0 spiro atoms. The van der Waals surface area contributed by atoms with Gasteiger partial charge in [0, 0.05) is 0 Å². The van der Waals surface area contributed by atoms with Crippen LogP contribution in [0.4, 0.5) is 0 Å². The van der Waals surface area contributed by atoms with E-state index in [4.69, 9.17) is 4.74 Å². The highest BCUT2D eigenvalue weighted by atomic mass is 32.2. The van der Waals surface area contributed by atoms with Crippen molar-refractivity contribution in [1.29, 1.82) is 0 Å². The van der Waals surface area contributed by atoms with Crippen molar-refractivity contribution in [3.05, 3.63) is 47.2 Å². The summed E-state index contributed by atoms with van der Waals surface area (Å²) >= 11 is 0. The van der Waals surface area contributed by atoms with E-state index in [1.54, 1.807) is 35.0 Å². The zero-order chi connectivity index (χ0) is 15.9. The van der Waals surface area contributed by atoms with E-state index in [0.29, 0.717) is 16.8 Å². The van der Waals surface area contributed by atoms with Gasteiger partial charge in [-0.25, -0.2) is 17.9 Å². The standard InChI is InChI=1S/C15H16N2O4S/c1-10(2)17-14(12-8-22(19,20)9-13(12)16-17)21-15(18)11-6-4-3-5-7-11/h3-7,10H,8-9H2,1-2H3. The molecule has 0 amide bonds. The highest BCUT2D eigenvalue weighted by Gasteiger charge is 2.34. The van der Waals surface area contributed by atoms with Gasteiger partial charge >= 0.3 is 5.97 Å². The van der Waals surface area contributed by atoms with Gasteiger partial charge in [-0.15, -0.1) is 0 Å². The number of rotatable bonds is 3. The van der Waals surface area contributed by atoms with Crippen LogP contribution in [0.3, 0.4) is 0 Å². The van der Waals surface area contributed by atoms with E-state index in [2.05, 4.69) is 5.10 Å². The number of carbonyl (C=O) groups excluding carboxylic acids is 1. The molecule has 6 nitrogen and oxygen atoms in total. The second-order valence-corrected chi connectivity index (χ2v) is 7.62. The normalized spacial score (nSPS) is 15.8. The number of sulfone groups is 1. The fourth-order valence-electron chi connectivity index (χ4n) is 2.42. The Kier molecular flexibility index (Phi) is 3.52. The van der Waals surface area contributed by atoms with Crippen LogP contribution in [-0.2, 0) is 21.3 Å². The van der Waals surface area contributed by atoms with Crippen LogP contribution in [0.25, 0.3) is 0 Å². The molecule has 116 valence electrons. The largest absolute Gasteiger partial charge is 0.404 e. The second-order valence-electron chi connectivity index (χ2n) is 5.56. The summed E-state index contributed by atoms with van der Waals surface area (Å²) in [6, 6.07) is 8.55. The first-order chi connectivity index (χ1) is 10.4. The molecular formula is C15H16N2O4S. The van der Waals surface area contributed by atoms with E-state index in [1.165, 1.54) is 0 Å². The number of aromatic nitrogens is 2. The Morgan fingerprint density at radius 1 is 1.23 bits per heavy atom. The number of ether oxygens (including phenoxy) is 1. The average molecular weight is 320 g/mol. The van der Waals surface area contributed by atoms with Gasteiger partial charge in [0.25, 0.3) is 0 Å². The predicted octanol–water partition coefficient (Wildman–Crippen LogP) is 2.11. The Morgan fingerprint density at radius 3 is 2.55 bits per heavy atom. The number of hydrogen-bond acceptors (Lipinski definition) is 5. The molecule has 0 atom stereocenters. The van der Waals surface area contributed by atoms with Gasteiger partial charge in [0.2, 0.25) is 5.88 Å². The minimum Gasteiger partial charge on any atom is -0.404 e. The first-order valence-corrected chi connectivity index (χ1v) is 8.77. The minimum atomic E-state index is -3.19. The Bertz CT molecular complexity index is 823.